The molecule has 138 valence electrons. The van der Waals surface area contributed by atoms with Crippen LogP contribution in [0.3, 0.4) is 0 Å². The summed E-state index contributed by atoms with van der Waals surface area (Å²) in [6, 6.07) is 8.06. The molecule has 0 spiro atoms. The van der Waals surface area contributed by atoms with Crippen LogP contribution in [-0.2, 0) is 12.8 Å². The van der Waals surface area contributed by atoms with Crippen molar-refractivity contribution in [2.75, 3.05) is 0 Å². The normalized spacial score (nSPS) is 11.0. The fraction of sp³-hybridized carbons (Fsp3) is 0.333. The van der Waals surface area contributed by atoms with Crippen molar-refractivity contribution in [2.45, 2.75) is 53.4 Å². The highest BCUT2D eigenvalue weighted by Crippen LogP contribution is 2.42. The van der Waals surface area contributed by atoms with Crippen molar-refractivity contribution in [3.63, 3.8) is 0 Å². The molecular weight excluding hydrogens is 320 g/mol. The van der Waals surface area contributed by atoms with E-state index in [2.05, 4.69) is 27.0 Å². The van der Waals surface area contributed by atoms with Gasteiger partial charge in [0.05, 0.1) is 0 Å². The van der Waals surface area contributed by atoms with Gasteiger partial charge < -0.3 is 10.2 Å². The van der Waals surface area contributed by atoms with E-state index < -0.39 is 0 Å². The molecule has 0 radical (unpaired) electrons. The number of hydrogen-bond acceptors (Lipinski definition) is 2. The van der Waals surface area contributed by atoms with Gasteiger partial charge in [0.2, 0.25) is 0 Å². The topological polar surface area (TPSA) is 40.5 Å². The predicted octanol–water partition coefficient (Wildman–Crippen LogP) is 6.44. The Morgan fingerprint density at radius 2 is 1.15 bits per heavy atom. The summed E-state index contributed by atoms with van der Waals surface area (Å²) in [5, 5.41) is 21.7. The molecule has 0 amide bonds. The van der Waals surface area contributed by atoms with Crippen molar-refractivity contribution in [3.8, 4) is 11.5 Å². The summed E-state index contributed by atoms with van der Waals surface area (Å²) >= 11 is 0. The van der Waals surface area contributed by atoms with Gasteiger partial charge in [-0.15, -0.1) is 0 Å². The van der Waals surface area contributed by atoms with E-state index in [4.69, 9.17) is 0 Å². The number of phenolic OH excluding ortho intramolecular Hbond substituents is 2. The van der Waals surface area contributed by atoms with Crippen LogP contribution in [0.25, 0.3) is 11.1 Å². The highest BCUT2D eigenvalue weighted by atomic mass is 16.3. The molecule has 0 bridgehead atoms. The molecule has 0 saturated carbocycles. The summed E-state index contributed by atoms with van der Waals surface area (Å²) < 4.78 is 0. The zero-order valence-corrected chi connectivity index (χ0v) is 16.6. The Kier molecular flexibility index (Phi) is 5.97. The van der Waals surface area contributed by atoms with E-state index in [0.717, 1.165) is 57.4 Å². The standard InChI is InChI=1S/C24H30O2/c1-8-17-10-19(14(3)4)23(25)21(12-17)16(7)22-13-18(9-2)11-20(15(5)6)24(22)26/h10-13,16,25-26H,3,5,8-9H2,1-2,4,6-7H3. The molecule has 2 aromatic rings. The van der Waals surface area contributed by atoms with E-state index >= 15 is 0 Å². The lowest BCUT2D eigenvalue weighted by atomic mass is 9.85. The second kappa shape index (κ2) is 7.82. The highest BCUT2D eigenvalue weighted by molar-refractivity contribution is 5.72. The predicted molar refractivity (Wildman–Crippen MR) is 112 cm³/mol. The van der Waals surface area contributed by atoms with Crippen LogP contribution in [-0.4, -0.2) is 10.2 Å². The lowest BCUT2D eigenvalue weighted by molar-refractivity contribution is 0.454. The largest absolute Gasteiger partial charge is 0.507 e. The van der Waals surface area contributed by atoms with Gasteiger partial charge in [0.15, 0.2) is 0 Å². The lowest BCUT2D eigenvalue weighted by Gasteiger charge is -2.21. The minimum atomic E-state index is -0.149. The van der Waals surface area contributed by atoms with Gasteiger partial charge in [0.1, 0.15) is 11.5 Å². The summed E-state index contributed by atoms with van der Waals surface area (Å²) in [5.74, 6) is 0.352. The van der Waals surface area contributed by atoms with Gasteiger partial charge in [-0.1, -0.05) is 46.1 Å². The van der Waals surface area contributed by atoms with Gasteiger partial charge in [-0.2, -0.15) is 0 Å². The third kappa shape index (κ3) is 3.70. The average molecular weight is 351 g/mol. The third-order valence-electron chi connectivity index (χ3n) is 5.07. The number of hydrogen-bond donors (Lipinski definition) is 2. The summed E-state index contributed by atoms with van der Waals surface area (Å²) in [4.78, 5) is 0. The van der Waals surface area contributed by atoms with Gasteiger partial charge in [-0.3, -0.25) is 0 Å². The monoisotopic (exact) mass is 350 g/mol. The van der Waals surface area contributed by atoms with Crippen molar-refractivity contribution >= 4 is 11.1 Å². The van der Waals surface area contributed by atoms with Crippen LogP contribution in [0.5, 0.6) is 11.5 Å². The third-order valence-corrected chi connectivity index (χ3v) is 5.07. The van der Waals surface area contributed by atoms with Crippen LogP contribution < -0.4 is 0 Å². The first-order chi connectivity index (χ1) is 12.2. The number of allylic oxidation sites excluding steroid dienone is 2. The van der Waals surface area contributed by atoms with E-state index in [9.17, 15) is 10.2 Å². The molecule has 0 unspecified atom stereocenters. The molecular formula is C24H30O2. The van der Waals surface area contributed by atoms with E-state index in [1.165, 1.54) is 0 Å². The second-order valence-corrected chi connectivity index (χ2v) is 7.15. The minimum Gasteiger partial charge on any atom is -0.507 e. The van der Waals surface area contributed by atoms with E-state index in [0.29, 0.717) is 0 Å². The lowest BCUT2D eigenvalue weighted by Crippen LogP contribution is -2.03. The number of phenols is 2. The maximum absolute atomic E-state index is 10.8. The van der Waals surface area contributed by atoms with Gasteiger partial charge in [0.25, 0.3) is 0 Å². The summed E-state index contributed by atoms with van der Waals surface area (Å²) in [5.41, 5.74) is 7.15. The zero-order valence-electron chi connectivity index (χ0n) is 16.6. The number of benzene rings is 2. The van der Waals surface area contributed by atoms with Crippen LogP contribution in [0.1, 0.15) is 73.9 Å². The molecule has 2 nitrogen and oxygen atoms in total. The van der Waals surface area contributed by atoms with Crippen LogP contribution in [0.15, 0.2) is 37.4 Å². The van der Waals surface area contributed by atoms with E-state index in [1.807, 2.05) is 45.0 Å². The quantitative estimate of drug-likeness (QED) is 0.629. The molecule has 0 heterocycles. The number of rotatable bonds is 6. The molecule has 2 aromatic carbocycles. The molecule has 0 saturated heterocycles. The van der Waals surface area contributed by atoms with Gasteiger partial charge in [0, 0.05) is 28.2 Å². The second-order valence-electron chi connectivity index (χ2n) is 7.15. The first kappa shape index (κ1) is 19.8. The minimum absolute atomic E-state index is 0.149. The maximum atomic E-state index is 10.8. The Balaban J connectivity index is 2.71. The van der Waals surface area contributed by atoms with Crippen LogP contribution >= 0.6 is 0 Å². The van der Waals surface area contributed by atoms with Gasteiger partial charge >= 0.3 is 0 Å². The number of aromatic hydroxyl groups is 2. The molecule has 26 heavy (non-hydrogen) atoms. The summed E-state index contributed by atoms with van der Waals surface area (Å²) in [6.07, 6.45) is 1.75. The summed E-state index contributed by atoms with van der Waals surface area (Å²) in [7, 11) is 0. The fourth-order valence-corrected chi connectivity index (χ4v) is 3.32. The van der Waals surface area contributed by atoms with Crippen LogP contribution in [0.4, 0.5) is 0 Å². The van der Waals surface area contributed by atoms with Gasteiger partial charge in [-0.05, 0) is 61.1 Å². The molecule has 0 fully saturated rings. The Morgan fingerprint density at radius 3 is 1.42 bits per heavy atom. The zero-order chi connectivity index (χ0) is 19.6. The molecule has 2 N–H and O–H groups in total. The maximum Gasteiger partial charge on any atom is 0.126 e. The van der Waals surface area contributed by atoms with E-state index in [-0.39, 0.29) is 17.4 Å². The molecule has 2 heteroatoms. The fourth-order valence-electron chi connectivity index (χ4n) is 3.32. The number of aryl methyl sites for hydroxylation is 2. The molecule has 0 aliphatic carbocycles. The Morgan fingerprint density at radius 1 is 0.808 bits per heavy atom. The summed E-state index contributed by atoms with van der Waals surface area (Å²) in [6.45, 7) is 18.0. The van der Waals surface area contributed by atoms with Crippen molar-refractivity contribution < 1.29 is 10.2 Å². The molecule has 0 aromatic heterocycles. The molecule has 0 aliphatic heterocycles. The van der Waals surface area contributed by atoms with Crippen molar-refractivity contribution in [3.05, 3.63) is 70.8 Å². The average Bonchev–Trinajstić information content (AvgIpc) is 2.61. The van der Waals surface area contributed by atoms with E-state index in [1.54, 1.807) is 0 Å². The first-order valence-corrected chi connectivity index (χ1v) is 9.24. The highest BCUT2D eigenvalue weighted by Gasteiger charge is 2.22. The Labute approximate surface area is 157 Å². The molecule has 0 aliphatic rings. The molecule has 0 atom stereocenters. The van der Waals surface area contributed by atoms with Crippen molar-refractivity contribution in [1.82, 2.24) is 0 Å². The van der Waals surface area contributed by atoms with Crippen molar-refractivity contribution in [1.29, 1.82) is 0 Å². The smallest absolute Gasteiger partial charge is 0.126 e. The Bertz CT molecular complexity index is 787. The first-order valence-electron chi connectivity index (χ1n) is 9.24. The van der Waals surface area contributed by atoms with Crippen LogP contribution in [0, 0.1) is 0 Å². The molecule has 2 rings (SSSR count). The van der Waals surface area contributed by atoms with Crippen molar-refractivity contribution in [2.24, 2.45) is 0 Å². The Hall–Kier alpha value is -2.48. The van der Waals surface area contributed by atoms with Crippen LogP contribution in [0.2, 0.25) is 0 Å². The van der Waals surface area contributed by atoms with Gasteiger partial charge in [-0.25, -0.2) is 0 Å². The SMILES string of the molecule is C=C(C)c1cc(CC)cc(C(C)c2cc(CC)cc(C(=C)C)c2O)c1O.